The molecule has 180 valence electrons. The molecule has 13 heteroatoms. The Morgan fingerprint density at radius 2 is 1.76 bits per heavy atom. The Morgan fingerprint density at radius 3 is 2.38 bits per heavy atom. The summed E-state index contributed by atoms with van der Waals surface area (Å²) in [6, 6.07) is 7.17. The molecule has 34 heavy (non-hydrogen) atoms. The maximum atomic E-state index is 14.0. The van der Waals surface area contributed by atoms with Gasteiger partial charge in [0.1, 0.15) is 17.1 Å². The number of nitrogen functional groups attached to an aromatic ring is 1. The van der Waals surface area contributed by atoms with Crippen molar-refractivity contribution in [1.29, 1.82) is 0 Å². The van der Waals surface area contributed by atoms with Gasteiger partial charge in [0, 0.05) is 12.6 Å². The number of anilines is 1. The summed E-state index contributed by atoms with van der Waals surface area (Å²) in [5.74, 6) is -0.0200. The summed E-state index contributed by atoms with van der Waals surface area (Å²) in [4.78, 5) is 8.59. The molecule has 0 fully saturated rings. The van der Waals surface area contributed by atoms with Crippen LogP contribution in [-0.2, 0) is 18.7 Å². The Labute approximate surface area is 189 Å². The zero-order chi connectivity index (χ0) is 24.6. The van der Waals surface area contributed by atoms with Gasteiger partial charge in [-0.15, -0.1) is 5.10 Å². The molecule has 4 N–H and O–H groups in total. The highest BCUT2D eigenvalue weighted by Crippen LogP contribution is 2.34. The van der Waals surface area contributed by atoms with Gasteiger partial charge in [0.25, 0.3) is 12.9 Å². The van der Waals surface area contributed by atoms with E-state index < -0.39 is 29.8 Å². The molecule has 0 spiro atoms. The highest BCUT2D eigenvalue weighted by atomic mass is 19.3. The molecule has 2 heterocycles. The maximum Gasteiger partial charge on any atom is 0.276 e. The second kappa shape index (κ2) is 8.99. The minimum Gasteiger partial charge on any atom is -0.494 e. The van der Waals surface area contributed by atoms with Gasteiger partial charge >= 0.3 is 0 Å². The lowest BCUT2D eigenvalue weighted by atomic mass is 9.94. The molecule has 8 nitrogen and oxygen atoms in total. The number of fused-ring (bicyclic) bond motifs is 3. The molecule has 0 saturated carbocycles. The van der Waals surface area contributed by atoms with Gasteiger partial charge in [0.2, 0.25) is 11.5 Å². The van der Waals surface area contributed by atoms with Crippen LogP contribution >= 0.6 is 0 Å². The largest absolute Gasteiger partial charge is 0.494 e. The SMILES string of the molecule is COc1cc(F)cc2c1nc(N)n1nc(CNCc3ccc(C(O)(C(F)F)C(F)F)cc3)nc21. The summed E-state index contributed by atoms with van der Waals surface area (Å²) in [5.41, 5.74) is 3.03. The molecular formula is C21H19F5N6O2. The second-order valence-electron chi connectivity index (χ2n) is 7.46. The Kier molecular flexibility index (Phi) is 6.23. The number of ether oxygens (including phenoxy) is 1. The zero-order valence-electron chi connectivity index (χ0n) is 17.6. The zero-order valence-corrected chi connectivity index (χ0v) is 17.6. The fourth-order valence-electron chi connectivity index (χ4n) is 3.50. The van der Waals surface area contributed by atoms with Gasteiger partial charge in [-0.2, -0.15) is 4.52 Å². The fourth-order valence-corrected chi connectivity index (χ4v) is 3.50. The first-order valence-electron chi connectivity index (χ1n) is 9.92. The Bertz CT molecular complexity index is 1320. The van der Waals surface area contributed by atoms with Crippen molar-refractivity contribution in [3.63, 3.8) is 0 Å². The molecule has 0 amide bonds. The van der Waals surface area contributed by atoms with E-state index in [2.05, 4.69) is 20.4 Å². The van der Waals surface area contributed by atoms with Crippen LogP contribution in [0.1, 0.15) is 17.0 Å². The second-order valence-corrected chi connectivity index (χ2v) is 7.46. The predicted octanol–water partition coefficient (Wildman–Crippen LogP) is 3.02. The first-order valence-corrected chi connectivity index (χ1v) is 9.92. The van der Waals surface area contributed by atoms with Crippen LogP contribution in [0.5, 0.6) is 5.75 Å². The summed E-state index contributed by atoms with van der Waals surface area (Å²) in [6.45, 7) is 0.364. The monoisotopic (exact) mass is 482 g/mol. The Hall–Kier alpha value is -3.58. The number of nitrogens with one attached hydrogen (secondary N) is 1. The molecule has 0 aliphatic heterocycles. The minimum absolute atomic E-state index is 0.0206. The highest BCUT2D eigenvalue weighted by molar-refractivity contribution is 5.95. The lowest BCUT2D eigenvalue weighted by Crippen LogP contribution is -2.41. The van der Waals surface area contributed by atoms with Crippen molar-refractivity contribution in [2.24, 2.45) is 0 Å². The summed E-state index contributed by atoms with van der Waals surface area (Å²) in [5, 5.41) is 17.3. The first-order chi connectivity index (χ1) is 16.1. The van der Waals surface area contributed by atoms with E-state index in [4.69, 9.17) is 10.5 Å². The van der Waals surface area contributed by atoms with Gasteiger partial charge in [-0.1, -0.05) is 24.3 Å². The van der Waals surface area contributed by atoms with Crippen molar-refractivity contribution >= 4 is 22.5 Å². The van der Waals surface area contributed by atoms with Crippen LogP contribution in [0.25, 0.3) is 16.6 Å². The number of hydrogen-bond acceptors (Lipinski definition) is 7. The minimum atomic E-state index is -3.65. The van der Waals surface area contributed by atoms with E-state index in [1.54, 1.807) is 0 Å². The van der Waals surface area contributed by atoms with Gasteiger partial charge in [0.15, 0.2) is 11.5 Å². The van der Waals surface area contributed by atoms with Crippen LogP contribution in [-0.4, -0.2) is 44.6 Å². The summed E-state index contributed by atoms with van der Waals surface area (Å²) < 4.78 is 72.4. The molecule has 4 rings (SSSR count). The summed E-state index contributed by atoms with van der Waals surface area (Å²) >= 11 is 0. The number of aromatic nitrogens is 4. The Balaban J connectivity index is 1.52. The van der Waals surface area contributed by atoms with Gasteiger partial charge in [-0.3, -0.25) is 0 Å². The summed E-state index contributed by atoms with van der Waals surface area (Å²) in [6.07, 6.45) is -7.30. The van der Waals surface area contributed by atoms with Crippen LogP contribution in [0.3, 0.4) is 0 Å². The van der Waals surface area contributed by atoms with Crippen molar-refractivity contribution in [3.8, 4) is 5.75 Å². The molecule has 0 aliphatic rings. The standard InChI is InChI=1S/C21H19F5N6O2/c1-34-14-7-12(22)6-13-16(14)30-20(27)32-17(13)29-15(31-32)9-28-8-10-2-4-11(5-3-10)21(33,18(23)24)19(25)26/h2-7,18-19,28,33H,8-9H2,1H3,(H2,27,30). The van der Waals surface area contributed by atoms with Gasteiger partial charge < -0.3 is 20.9 Å². The quantitative estimate of drug-likeness (QED) is 0.331. The number of methoxy groups -OCH3 is 1. The van der Waals surface area contributed by atoms with Crippen LogP contribution < -0.4 is 15.8 Å². The van der Waals surface area contributed by atoms with Gasteiger partial charge in [-0.05, 0) is 17.2 Å². The van der Waals surface area contributed by atoms with Crippen molar-refractivity contribution in [2.45, 2.75) is 31.5 Å². The lowest BCUT2D eigenvalue weighted by molar-refractivity contribution is -0.183. The molecule has 0 saturated heterocycles. The third-order valence-corrected chi connectivity index (χ3v) is 5.29. The van der Waals surface area contributed by atoms with E-state index in [0.717, 1.165) is 12.1 Å². The van der Waals surface area contributed by atoms with Crippen molar-refractivity contribution in [3.05, 3.63) is 59.2 Å². The molecule has 2 aromatic carbocycles. The number of nitrogens with two attached hydrogens (primary N) is 1. The number of hydrogen-bond donors (Lipinski definition) is 3. The van der Waals surface area contributed by atoms with Crippen molar-refractivity contribution in [1.82, 2.24) is 24.9 Å². The smallest absolute Gasteiger partial charge is 0.276 e. The number of benzene rings is 2. The van der Waals surface area contributed by atoms with Gasteiger partial charge in [-0.25, -0.2) is 31.9 Å². The predicted molar refractivity (Wildman–Crippen MR) is 112 cm³/mol. The van der Waals surface area contributed by atoms with E-state index in [0.29, 0.717) is 22.3 Å². The van der Waals surface area contributed by atoms with Crippen LogP contribution in [0.15, 0.2) is 36.4 Å². The molecule has 0 aliphatic carbocycles. The normalized spacial score (nSPS) is 12.4. The molecule has 0 atom stereocenters. The maximum absolute atomic E-state index is 14.0. The van der Waals surface area contributed by atoms with Crippen molar-refractivity contribution in [2.75, 3.05) is 12.8 Å². The third kappa shape index (κ3) is 4.07. The van der Waals surface area contributed by atoms with Crippen LogP contribution in [0, 0.1) is 5.82 Å². The Morgan fingerprint density at radius 1 is 1.09 bits per heavy atom. The van der Waals surface area contributed by atoms with Crippen LogP contribution in [0.4, 0.5) is 27.9 Å². The van der Waals surface area contributed by atoms with E-state index in [1.807, 2.05) is 0 Å². The topological polar surface area (TPSA) is 111 Å². The molecule has 4 aromatic rings. The molecule has 0 bridgehead atoms. The molecule has 0 radical (unpaired) electrons. The average molecular weight is 482 g/mol. The molecule has 0 unspecified atom stereocenters. The fraction of sp³-hybridized carbons (Fsp3) is 0.286. The summed E-state index contributed by atoms with van der Waals surface area (Å²) in [7, 11) is 1.38. The first kappa shape index (κ1) is 23.6. The van der Waals surface area contributed by atoms with Gasteiger partial charge in [0.05, 0.1) is 19.0 Å². The number of aliphatic hydroxyl groups is 1. The van der Waals surface area contributed by atoms with E-state index >= 15 is 0 Å². The van der Waals surface area contributed by atoms with E-state index in [1.165, 1.54) is 35.9 Å². The van der Waals surface area contributed by atoms with E-state index in [9.17, 15) is 27.1 Å². The molecule has 2 aromatic heterocycles. The highest BCUT2D eigenvalue weighted by Gasteiger charge is 2.48. The number of rotatable bonds is 8. The number of alkyl halides is 4. The van der Waals surface area contributed by atoms with E-state index in [-0.39, 0.29) is 30.4 Å². The van der Waals surface area contributed by atoms with Crippen LogP contribution in [0.2, 0.25) is 0 Å². The molecular weight excluding hydrogens is 463 g/mol. The third-order valence-electron chi connectivity index (χ3n) is 5.29. The van der Waals surface area contributed by atoms with Crippen molar-refractivity contribution < 1.29 is 31.8 Å². The average Bonchev–Trinajstić information content (AvgIpc) is 3.24. The lowest BCUT2D eigenvalue weighted by Gasteiger charge is -2.26. The number of nitrogens with zero attached hydrogens (tertiary/aromatic N) is 4. The number of halogens is 5.